The quantitative estimate of drug-likeness (QED) is 0.747. The number of para-hydroxylation sites is 1. The van der Waals surface area contributed by atoms with Crippen LogP contribution in [0.3, 0.4) is 0 Å². The van der Waals surface area contributed by atoms with Gasteiger partial charge in [0.25, 0.3) is 0 Å². The molecule has 1 unspecified atom stereocenters. The van der Waals surface area contributed by atoms with Crippen LogP contribution in [0.5, 0.6) is 5.75 Å². The summed E-state index contributed by atoms with van der Waals surface area (Å²) in [4.78, 5) is 10.6. The van der Waals surface area contributed by atoms with E-state index in [1.165, 1.54) is 22.3 Å². The molecular weight excluding hydrogens is 310 g/mol. The zero-order valence-electron chi connectivity index (χ0n) is 14.7. The summed E-state index contributed by atoms with van der Waals surface area (Å²) in [6.45, 7) is 2.99. The molecule has 0 fully saturated rings. The van der Waals surface area contributed by atoms with Crippen molar-refractivity contribution in [2.45, 2.75) is 32.4 Å². The number of hydrogen-bond acceptors (Lipinski definition) is 3. The van der Waals surface area contributed by atoms with Crippen molar-refractivity contribution >= 4 is 22.4 Å². The lowest BCUT2D eigenvalue weighted by atomic mass is 10.1. The fraction of sp³-hybridized carbons (Fsp3) is 0.286. The Hall–Kier alpha value is -2.75. The van der Waals surface area contributed by atoms with Gasteiger partial charge in [0.05, 0.1) is 13.7 Å². The van der Waals surface area contributed by atoms with E-state index in [1.807, 2.05) is 12.1 Å². The number of nitrogens with zero attached hydrogens (tertiary/aromatic N) is 2. The third-order valence-corrected chi connectivity index (χ3v) is 4.85. The predicted octanol–water partition coefficient (Wildman–Crippen LogP) is 4.76. The second-order valence-corrected chi connectivity index (χ2v) is 6.58. The van der Waals surface area contributed by atoms with Crippen LogP contribution in [0.1, 0.15) is 25.3 Å². The Morgan fingerprint density at radius 1 is 1.16 bits per heavy atom. The maximum Gasteiger partial charge on any atom is 0.119 e. The third kappa shape index (κ3) is 3.12. The Morgan fingerprint density at radius 2 is 1.96 bits per heavy atom. The molecule has 4 rings (SSSR count). The van der Waals surface area contributed by atoms with Gasteiger partial charge >= 0.3 is 0 Å². The molecule has 4 heteroatoms. The Balaban J connectivity index is 1.71. The average molecular weight is 333 g/mol. The number of methoxy groups -OCH3 is 1. The van der Waals surface area contributed by atoms with Crippen LogP contribution >= 0.6 is 0 Å². The molecule has 1 aromatic heterocycles. The van der Waals surface area contributed by atoms with Gasteiger partial charge in [0.15, 0.2) is 0 Å². The zero-order chi connectivity index (χ0) is 17.2. The van der Waals surface area contributed by atoms with Crippen LogP contribution < -0.4 is 9.64 Å². The van der Waals surface area contributed by atoms with Crippen molar-refractivity contribution in [3.63, 3.8) is 0 Å². The van der Waals surface area contributed by atoms with Crippen molar-refractivity contribution in [2.75, 3.05) is 12.0 Å². The number of hydrogen-bond donors (Lipinski definition) is 1. The summed E-state index contributed by atoms with van der Waals surface area (Å²) >= 11 is 0. The zero-order valence-corrected chi connectivity index (χ0v) is 14.7. The molecule has 0 bridgehead atoms. The monoisotopic (exact) mass is 333 g/mol. The first-order valence-corrected chi connectivity index (χ1v) is 8.78. The molecule has 0 saturated carbocycles. The van der Waals surface area contributed by atoms with Crippen LogP contribution in [0.25, 0.3) is 10.9 Å². The minimum Gasteiger partial charge on any atom is -0.497 e. The number of benzene rings is 2. The number of aromatic amines is 1. The summed E-state index contributed by atoms with van der Waals surface area (Å²) < 4.78 is 5.30. The highest BCUT2D eigenvalue weighted by Crippen LogP contribution is 2.28. The van der Waals surface area contributed by atoms with E-state index in [0.717, 1.165) is 30.8 Å². The van der Waals surface area contributed by atoms with Crippen LogP contribution in [0.15, 0.2) is 59.7 Å². The summed E-state index contributed by atoms with van der Waals surface area (Å²) in [6.07, 6.45) is 4.26. The summed E-state index contributed by atoms with van der Waals surface area (Å²) in [5, 5.41) is 1.27. The van der Waals surface area contributed by atoms with Crippen molar-refractivity contribution in [3.8, 4) is 5.75 Å². The molecule has 1 aliphatic rings. The lowest BCUT2D eigenvalue weighted by Gasteiger charge is -2.25. The van der Waals surface area contributed by atoms with Crippen molar-refractivity contribution in [1.29, 1.82) is 0 Å². The van der Waals surface area contributed by atoms with Gasteiger partial charge in [-0.05, 0) is 49.2 Å². The average Bonchev–Trinajstić information content (AvgIpc) is 3.26. The molecule has 1 atom stereocenters. The van der Waals surface area contributed by atoms with Gasteiger partial charge in [0, 0.05) is 35.2 Å². The Kier molecular flexibility index (Phi) is 4.18. The van der Waals surface area contributed by atoms with E-state index in [1.54, 1.807) is 7.11 Å². The van der Waals surface area contributed by atoms with E-state index < -0.39 is 0 Å². The molecule has 0 spiro atoms. The fourth-order valence-corrected chi connectivity index (χ4v) is 3.45. The van der Waals surface area contributed by atoms with Crippen LogP contribution in [-0.2, 0) is 6.54 Å². The van der Waals surface area contributed by atoms with Crippen molar-refractivity contribution in [1.82, 2.24) is 4.98 Å². The first kappa shape index (κ1) is 15.8. The maximum absolute atomic E-state index is 5.30. The fourth-order valence-electron chi connectivity index (χ4n) is 3.45. The molecule has 0 radical (unpaired) electrons. The smallest absolute Gasteiger partial charge is 0.119 e. The standard InChI is InChI=1S/C21H23N3O/c1-15-7-12-21(23-15)24(17-8-10-18(25-2)11-9-17)14-16-13-22-20-6-4-3-5-19(16)20/h3-6,8-11,13,15,22H,7,12,14H2,1-2H3. The van der Waals surface area contributed by atoms with Gasteiger partial charge in [0.1, 0.15) is 11.6 Å². The number of H-pyrrole nitrogens is 1. The molecule has 4 nitrogen and oxygen atoms in total. The summed E-state index contributed by atoms with van der Waals surface area (Å²) in [5.74, 6) is 2.04. The third-order valence-electron chi connectivity index (χ3n) is 4.85. The molecular formula is C21H23N3O. The topological polar surface area (TPSA) is 40.6 Å². The molecule has 25 heavy (non-hydrogen) atoms. The predicted molar refractivity (Wildman–Crippen MR) is 104 cm³/mol. The number of aliphatic imine (C=N–C) groups is 1. The summed E-state index contributed by atoms with van der Waals surface area (Å²) in [6, 6.07) is 17.1. The van der Waals surface area contributed by atoms with Gasteiger partial charge in [-0.1, -0.05) is 18.2 Å². The van der Waals surface area contributed by atoms with Gasteiger partial charge in [-0.3, -0.25) is 4.99 Å². The number of amidine groups is 1. The first-order valence-electron chi connectivity index (χ1n) is 8.78. The molecule has 0 saturated heterocycles. The van der Waals surface area contributed by atoms with E-state index in [9.17, 15) is 0 Å². The normalized spacial score (nSPS) is 16.9. The van der Waals surface area contributed by atoms with E-state index >= 15 is 0 Å². The number of aromatic nitrogens is 1. The van der Waals surface area contributed by atoms with Crippen molar-refractivity contribution < 1.29 is 4.74 Å². The van der Waals surface area contributed by atoms with E-state index in [0.29, 0.717) is 6.04 Å². The number of nitrogens with one attached hydrogen (secondary N) is 1. The molecule has 0 aliphatic carbocycles. The largest absolute Gasteiger partial charge is 0.497 e. The molecule has 0 amide bonds. The molecule has 3 aromatic rings. The van der Waals surface area contributed by atoms with Crippen molar-refractivity contribution in [2.24, 2.45) is 4.99 Å². The molecule has 2 heterocycles. The summed E-state index contributed by atoms with van der Waals surface area (Å²) in [5.41, 5.74) is 3.61. The number of rotatable bonds is 4. The molecule has 1 aliphatic heterocycles. The highest BCUT2D eigenvalue weighted by atomic mass is 16.5. The molecule has 128 valence electrons. The molecule has 2 aromatic carbocycles. The van der Waals surface area contributed by atoms with E-state index in [4.69, 9.17) is 9.73 Å². The van der Waals surface area contributed by atoms with Crippen LogP contribution in [0, 0.1) is 0 Å². The van der Waals surface area contributed by atoms with Crippen LogP contribution in [0.4, 0.5) is 5.69 Å². The first-order chi connectivity index (χ1) is 12.2. The van der Waals surface area contributed by atoms with Crippen LogP contribution in [0.2, 0.25) is 0 Å². The van der Waals surface area contributed by atoms with Gasteiger partial charge in [-0.2, -0.15) is 0 Å². The highest BCUT2D eigenvalue weighted by Gasteiger charge is 2.21. The van der Waals surface area contributed by atoms with E-state index in [2.05, 4.69) is 59.4 Å². The van der Waals surface area contributed by atoms with E-state index in [-0.39, 0.29) is 0 Å². The summed E-state index contributed by atoms with van der Waals surface area (Å²) in [7, 11) is 1.70. The van der Waals surface area contributed by atoms with Crippen LogP contribution in [-0.4, -0.2) is 24.0 Å². The second-order valence-electron chi connectivity index (χ2n) is 6.58. The maximum atomic E-state index is 5.30. The van der Waals surface area contributed by atoms with Gasteiger partial charge in [0.2, 0.25) is 0 Å². The minimum atomic E-state index is 0.402. The molecule has 1 N–H and O–H groups in total. The number of ether oxygens (including phenoxy) is 1. The Bertz CT molecular complexity index is 895. The number of fused-ring (bicyclic) bond motifs is 1. The van der Waals surface area contributed by atoms with Gasteiger partial charge < -0.3 is 14.6 Å². The van der Waals surface area contributed by atoms with Gasteiger partial charge in [-0.25, -0.2) is 0 Å². The minimum absolute atomic E-state index is 0.402. The Morgan fingerprint density at radius 3 is 2.68 bits per heavy atom. The second kappa shape index (κ2) is 6.63. The highest BCUT2D eigenvalue weighted by molar-refractivity contribution is 5.99. The SMILES string of the molecule is COc1ccc(N(Cc2c[nH]c3ccccc23)C2=NC(C)CC2)cc1. The Labute approximate surface area is 148 Å². The number of anilines is 1. The lowest BCUT2D eigenvalue weighted by molar-refractivity contribution is 0.415. The van der Waals surface area contributed by atoms with Gasteiger partial charge in [-0.15, -0.1) is 0 Å². The lowest BCUT2D eigenvalue weighted by Crippen LogP contribution is -2.28. The van der Waals surface area contributed by atoms with Crippen molar-refractivity contribution in [3.05, 3.63) is 60.3 Å².